The highest BCUT2D eigenvalue weighted by Gasteiger charge is 2.27. The standard InChI is InChI=1S/C24H32ClN3O3S/c1-20-8-6-9-22(18-20)28(32(30,31)23-12-10-21(25)11-13-23)19-24(29)26-14-7-17-27-15-4-2-3-5-16-27/h6,8-13,18H,2-5,7,14-17,19H2,1H3,(H,26,29). The first-order valence-electron chi connectivity index (χ1n) is 11.2. The maximum atomic E-state index is 13.4. The number of anilines is 1. The van der Waals surface area contributed by atoms with Crippen molar-refractivity contribution in [2.75, 3.05) is 37.0 Å². The summed E-state index contributed by atoms with van der Waals surface area (Å²) in [6, 6.07) is 13.1. The highest BCUT2D eigenvalue weighted by molar-refractivity contribution is 7.92. The smallest absolute Gasteiger partial charge is 0.264 e. The first-order chi connectivity index (χ1) is 15.4. The molecule has 6 nitrogen and oxygen atoms in total. The summed E-state index contributed by atoms with van der Waals surface area (Å²) in [5.74, 6) is -0.320. The molecule has 0 aromatic heterocycles. The average Bonchev–Trinajstić information content (AvgIpc) is 3.04. The summed E-state index contributed by atoms with van der Waals surface area (Å²) in [5, 5.41) is 3.34. The van der Waals surface area contributed by atoms with Gasteiger partial charge in [-0.2, -0.15) is 0 Å². The Kier molecular flexibility index (Phi) is 8.96. The Labute approximate surface area is 196 Å². The van der Waals surface area contributed by atoms with Gasteiger partial charge in [0.2, 0.25) is 5.91 Å². The summed E-state index contributed by atoms with van der Waals surface area (Å²) >= 11 is 5.92. The molecular weight excluding hydrogens is 446 g/mol. The van der Waals surface area contributed by atoms with Gasteiger partial charge >= 0.3 is 0 Å². The van der Waals surface area contributed by atoms with Crippen molar-refractivity contribution in [3.8, 4) is 0 Å². The number of benzene rings is 2. The van der Waals surface area contributed by atoms with Crippen LogP contribution < -0.4 is 9.62 Å². The molecule has 174 valence electrons. The summed E-state index contributed by atoms with van der Waals surface area (Å²) in [7, 11) is -3.93. The molecule has 1 aliphatic rings. The van der Waals surface area contributed by atoms with Crippen molar-refractivity contribution in [2.45, 2.75) is 43.9 Å². The molecule has 1 fully saturated rings. The van der Waals surface area contributed by atoms with Crippen LogP contribution in [0.25, 0.3) is 0 Å². The number of hydrogen-bond acceptors (Lipinski definition) is 4. The topological polar surface area (TPSA) is 69.7 Å². The third kappa shape index (κ3) is 6.95. The van der Waals surface area contributed by atoms with Crippen molar-refractivity contribution in [3.05, 3.63) is 59.1 Å². The number of nitrogens with one attached hydrogen (secondary N) is 1. The molecule has 1 amide bonds. The predicted molar refractivity (Wildman–Crippen MR) is 130 cm³/mol. The fourth-order valence-electron chi connectivity index (χ4n) is 3.91. The van der Waals surface area contributed by atoms with Gasteiger partial charge in [-0.25, -0.2) is 8.42 Å². The van der Waals surface area contributed by atoms with Crippen molar-refractivity contribution in [2.24, 2.45) is 0 Å². The first-order valence-corrected chi connectivity index (χ1v) is 13.0. The van der Waals surface area contributed by atoms with E-state index < -0.39 is 10.0 Å². The second-order valence-corrected chi connectivity index (χ2v) is 10.6. The van der Waals surface area contributed by atoms with Gasteiger partial charge in [0.25, 0.3) is 10.0 Å². The van der Waals surface area contributed by atoms with Crippen LogP contribution in [-0.4, -0.2) is 51.9 Å². The van der Waals surface area contributed by atoms with Gasteiger partial charge in [-0.05, 0) is 87.8 Å². The number of rotatable bonds is 9. The van der Waals surface area contributed by atoms with Crippen LogP contribution in [0.15, 0.2) is 53.4 Å². The fourth-order valence-corrected chi connectivity index (χ4v) is 5.45. The molecule has 1 saturated heterocycles. The number of hydrogen-bond donors (Lipinski definition) is 1. The molecule has 2 aromatic carbocycles. The lowest BCUT2D eigenvalue weighted by molar-refractivity contribution is -0.119. The predicted octanol–water partition coefficient (Wildman–Crippen LogP) is 4.23. The van der Waals surface area contributed by atoms with Gasteiger partial charge in [0.1, 0.15) is 6.54 Å². The lowest BCUT2D eigenvalue weighted by Gasteiger charge is -2.24. The Morgan fingerprint density at radius 1 is 1.06 bits per heavy atom. The Hall–Kier alpha value is -2.09. The van der Waals surface area contributed by atoms with Crippen LogP contribution in [0, 0.1) is 6.92 Å². The van der Waals surface area contributed by atoms with E-state index in [1.807, 2.05) is 13.0 Å². The van der Waals surface area contributed by atoms with Crippen LogP contribution in [0.5, 0.6) is 0 Å². The summed E-state index contributed by atoms with van der Waals surface area (Å²) in [6.07, 6.45) is 5.91. The van der Waals surface area contributed by atoms with E-state index in [-0.39, 0.29) is 17.3 Å². The maximum absolute atomic E-state index is 13.4. The van der Waals surface area contributed by atoms with Gasteiger partial charge < -0.3 is 10.2 Å². The van der Waals surface area contributed by atoms with Gasteiger partial charge in [0, 0.05) is 11.6 Å². The van der Waals surface area contributed by atoms with Crippen molar-refractivity contribution < 1.29 is 13.2 Å². The maximum Gasteiger partial charge on any atom is 0.264 e. The van der Waals surface area contributed by atoms with E-state index in [9.17, 15) is 13.2 Å². The molecule has 0 radical (unpaired) electrons. The molecule has 2 aromatic rings. The quantitative estimate of drug-likeness (QED) is 0.549. The number of aryl methyl sites for hydroxylation is 1. The molecule has 3 rings (SSSR count). The first kappa shape index (κ1) is 24.6. The number of carbonyl (C=O) groups excluding carboxylic acids is 1. The van der Waals surface area contributed by atoms with Crippen LogP contribution >= 0.6 is 11.6 Å². The number of nitrogens with zero attached hydrogens (tertiary/aromatic N) is 2. The van der Waals surface area contributed by atoms with Crippen LogP contribution in [0.3, 0.4) is 0 Å². The number of amides is 1. The van der Waals surface area contributed by atoms with Gasteiger partial charge in [-0.1, -0.05) is 36.6 Å². The summed E-state index contributed by atoms with van der Waals surface area (Å²) in [5.41, 5.74) is 1.37. The van der Waals surface area contributed by atoms with Crippen LogP contribution in [0.4, 0.5) is 5.69 Å². The highest BCUT2D eigenvalue weighted by atomic mass is 35.5. The molecule has 0 bridgehead atoms. The van der Waals surface area contributed by atoms with Crippen LogP contribution in [0.2, 0.25) is 5.02 Å². The van der Waals surface area contributed by atoms with Gasteiger partial charge in [-0.15, -0.1) is 0 Å². The number of likely N-dealkylation sites (tertiary alicyclic amines) is 1. The Morgan fingerprint density at radius 2 is 1.75 bits per heavy atom. The minimum Gasteiger partial charge on any atom is -0.354 e. The van der Waals surface area contributed by atoms with E-state index in [0.717, 1.165) is 35.9 Å². The molecule has 0 unspecified atom stereocenters. The Morgan fingerprint density at radius 3 is 2.41 bits per heavy atom. The second-order valence-electron chi connectivity index (χ2n) is 8.26. The molecule has 1 aliphatic heterocycles. The van der Waals surface area contributed by atoms with E-state index >= 15 is 0 Å². The molecule has 1 heterocycles. The lowest BCUT2D eigenvalue weighted by Crippen LogP contribution is -2.41. The zero-order valence-corrected chi connectivity index (χ0v) is 20.2. The number of carbonyl (C=O) groups is 1. The van der Waals surface area contributed by atoms with Crippen molar-refractivity contribution in [3.63, 3.8) is 0 Å². The molecule has 0 saturated carbocycles. The molecule has 1 N–H and O–H groups in total. The van der Waals surface area contributed by atoms with E-state index in [4.69, 9.17) is 11.6 Å². The normalized spacial score (nSPS) is 15.2. The van der Waals surface area contributed by atoms with Crippen molar-refractivity contribution in [1.29, 1.82) is 0 Å². The van der Waals surface area contributed by atoms with Gasteiger partial charge in [0.15, 0.2) is 0 Å². The number of sulfonamides is 1. The van der Waals surface area contributed by atoms with Gasteiger partial charge in [-0.3, -0.25) is 9.10 Å². The summed E-state index contributed by atoms with van der Waals surface area (Å²) in [6.45, 7) is 5.32. The zero-order chi connectivity index (χ0) is 23.0. The number of halogens is 1. The Balaban J connectivity index is 1.66. The van der Waals surface area contributed by atoms with E-state index in [1.54, 1.807) is 18.2 Å². The Bertz CT molecular complexity index is 988. The molecule has 8 heteroatoms. The molecule has 0 atom stereocenters. The van der Waals surface area contributed by atoms with E-state index in [2.05, 4.69) is 10.2 Å². The SMILES string of the molecule is Cc1cccc(N(CC(=O)NCCCN2CCCCCC2)S(=O)(=O)c2ccc(Cl)cc2)c1. The minimum absolute atomic E-state index is 0.0948. The lowest BCUT2D eigenvalue weighted by atomic mass is 10.2. The van der Waals surface area contributed by atoms with Crippen molar-refractivity contribution >= 4 is 33.2 Å². The molecule has 32 heavy (non-hydrogen) atoms. The third-order valence-corrected chi connectivity index (χ3v) is 7.69. The molecular formula is C24H32ClN3O3S. The largest absolute Gasteiger partial charge is 0.354 e. The average molecular weight is 478 g/mol. The van der Waals surface area contributed by atoms with Crippen molar-refractivity contribution in [1.82, 2.24) is 10.2 Å². The van der Waals surface area contributed by atoms with E-state index in [1.165, 1.54) is 49.9 Å². The molecule has 0 spiro atoms. The summed E-state index contributed by atoms with van der Waals surface area (Å²) in [4.78, 5) is 15.2. The van der Waals surface area contributed by atoms with E-state index in [0.29, 0.717) is 17.3 Å². The third-order valence-electron chi connectivity index (χ3n) is 5.65. The zero-order valence-electron chi connectivity index (χ0n) is 18.6. The second kappa shape index (κ2) is 11.7. The fraction of sp³-hybridized carbons (Fsp3) is 0.458. The highest BCUT2D eigenvalue weighted by Crippen LogP contribution is 2.25. The minimum atomic E-state index is -3.93. The van der Waals surface area contributed by atoms with Crippen LogP contribution in [0.1, 0.15) is 37.7 Å². The van der Waals surface area contributed by atoms with Crippen LogP contribution in [-0.2, 0) is 14.8 Å². The molecule has 0 aliphatic carbocycles. The summed E-state index contributed by atoms with van der Waals surface area (Å²) < 4.78 is 27.9. The monoisotopic (exact) mass is 477 g/mol. The van der Waals surface area contributed by atoms with Gasteiger partial charge in [0.05, 0.1) is 10.6 Å².